The maximum atomic E-state index is 13.8. The average molecular weight is 295 g/mol. The number of halogens is 1. The van der Waals surface area contributed by atoms with Crippen molar-refractivity contribution < 1.29 is 14.3 Å². The lowest BCUT2D eigenvalue weighted by Crippen LogP contribution is -2.30. The first-order valence-electron chi connectivity index (χ1n) is 6.28. The summed E-state index contributed by atoms with van der Waals surface area (Å²) in [6.45, 7) is 2.46. The van der Waals surface area contributed by atoms with Gasteiger partial charge >= 0.3 is 0 Å². The summed E-state index contributed by atoms with van der Waals surface area (Å²) in [4.78, 5) is 11.8. The molecule has 0 aliphatic carbocycles. The second kappa shape index (κ2) is 8.62. The third kappa shape index (κ3) is 5.24. The quantitative estimate of drug-likeness (QED) is 0.817. The molecule has 108 valence electrons. The molecule has 0 saturated carbocycles. The van der Waals surface area contributed by atoms with E-state index in [4.69, 9.17) is 5.11 Å². The Morgan fingerprint density at radius 1 is 1.55 bits per heavy atom. The number of nitrogens with one attached hydrogen (secondary N) is 1. The van der Waals surface area contributed by atoms with E-state index in [2.05, 4.69) is 17.2 Å². The molecule has 2 N–H and O–H groups in total. The van der Waals surface area contributed by atoms with E-state index < -0.39 is 11.7 Å². The molecule has 5 heteroatoms. The molecule has 3 nitrogen and oxygen atoms in total. The molecule has 0 spiro atoms. The lowest BCUT2D eigenvalue weighted by molar-refractivity contribution is 0.0950. The fraction of sp³-hybridized carbons (Fsp3) is 0.400. The molecule has 1 atom stereocenters. The van der Waals surface area contributed by atoms with Crippen LogP contribution in [-0.4, -0.2) is 35.7 Å². The van der Waals surface area contributed by atoms with Gasteiger partial charge < -0.3 is 10.4 Å². The Morgan fingerprint density at radius 2 is 2.30 bits per heavy atom. The molecule has 0 aromatic heterocycles. The highest BCUT2D eigenvalue weighted by Crippen LogP contribution is 2.10. The molecular weight excluding hydrogens is 277 g/mol. The van der Waals surface area contributed by atoms with E-state index in [1.807, 2.05) is 13.2 Å². The number of rotatable bonds is 5. The van der Waals surface area contributed by atoms with Crippen molar-refractivity contribution in [2.75, 3.05) is 19.4 Å². The molecule has 1 aromatic carbocycles. The number of hydrogen-bond acceptors (Lipinski definition) is 3. The summed E-state index contributed by atoms with van der Waals surface area (Å²) >= 11 is 1.63. The highest BCUT2D eigenvalue weighted by Gasteiger charge is 2.12. The van der Waals surface area contributed by atoms with E-state index in [-0.39, 0.29) is 17.4 Å². The number of aliphatic hydroxyl groups is 1. The molecule has 0 bridgehead atoms. The standard InChI is InChI=1S/C15H18FNO2S/c1-11(20-2)10-17-15(19)13-7-6-12(9-14(13)16)5-3-4-8-18/h6-7,9,11,18H,4,8,10H2,1-2H3,(H,17,19). The monoisotopic (exact) mass is 295 g/mol. The summed E-state index contributed by atoms with van der Waals surface area (Å²) in [6.07, 6.45) is 2.30. The minimum Gasteiger partial charge on any atom is -0.395 e. The summed E-state index contributed by atoms with van der Waals surface area (Å²) in [5.74, 6) is 4.43. The summed E-state index contributed by atoms with van der Waals surface area (Å²) < 4.78 is 13.8. The van der Waals surface area contributed by atoms with Crippen LogP contribution in [0, 0.1) is 17.7 Å². The smallest absolute Gasteiger partial charge is 0.254 e. The van der Waals surface area contributed by atoms with Gasteiger partial charge in [-0.3, -0.25) is 4.79 Å². The molecule has 0 aliphatic heterocycles. The summed E-state index contributed by atoms with van der Waals surface area (Å²) in [5.41, 5.74) is 0.510. The molecular formula is C15H18FNO2S. The van der Waals surface area contributed by atoms with Gasteiger partial charge in [0.05, 0.1) is 12.2 Å². The van der Waals surface area contributed by atoms with Crippen molar-refractivity contribution in [3.05, 3.63) is 35.1 Å². The Morgan fingerprint density at radius 3 is 2.90 bits per heavy atom. The minimum absolute atomic E-state index is 0.0195. The number of carbonyl (C=O) groups is 1. The van der Waals surface area contributed by atoms with Gasteiger partial charge in [0.2, 0.25) is 0 Å². The fourth-order valence-electron chi connectivity index (χ4n) is 1.41. The predicted octanol–water partition coefficient (Wildman–Crippen LogP) is 2.04. The van der Waals surface area contributed by atoms with Crippen LogP contribution in [0.25, 0.3) is 0 Å². The van der Waals surface area contributed by atoms with Crippen molar-refractivity contribution in [2.45, 2.75) is 18.6 Å². The molecule has 20 heavy (non-hydrogen) atoms. The van der Waals surface area contributed by atoms with Gasteiger partial charge in [0, 0.05) is 23.8 Å². The molecule has 1 rings (SSSR count). The van der Waals surface area contributed by atoms with E-state index in [0.717, 1.165) is 0 Å². The Balaban J connectivity index is 2.73. The first-order valence-corrected chi connectivity index (χ1v) is 7.57. The lowest BCUT2D eigenvalue weighted by Gasteiger charge is -2.10. The third-order valence-electron chi connectivity index (χ3n) is 2.64. The second-order valence-corrected chi connectivity index (χ2v) is 5.50. The van der Waals surface area contributed by atoms with Crippen molar-refractivity contribution >= 4 is 17.7 Å². The van der Waals surface area contributed by atoms with Crippen molar-refractivity contribution in [1.29, 1.82) is 0 Å². The molecule has 0 aliphatic rings. The minimum atomic E-state index is -0.588. The zero-order valence-electron chi connectivity index (χ0n) is 11.6. The van der Waals surface area contributed by atoms with E-state index in [9.17, 15) is 9.18 Å². The van der Waals surface area contributed by atoms with Gasteiger partial charge in [0.1, 0.15) is 5.82 Å². The van der Waals surface area contributed by atoms with E-state index in [0.29, 0.717) is 18.5 Å². The van der Waals surface area contributed by atoms with Gasteiger partial charge in [-0.05, 0) is 24.5 Å². The summed E-state index contributed by atoms with van der Waals surface area (Å²) in [7, 11) is 0. The molecule has 1 amide bonds. The summed E-state index contributed by atoms with van der Waals surface area (Å²) in [6, 6.07) is 4.26. The van der Waals surface area contributed by atoms with Gasteiger partial charge in [-0.15, -0.1) is 0 Å². The maximum absolute atomic E-state index is 13.8. The highest BCUT2D eigenvalue weighted by molar-refractivity contribution is 7.99. The van der Waals surface area contributed by atoms with Gasteiger partial charge in [0.25, 0.3) is 5.91 Å². The maximum Gasteiger partial charge on any atom is 0.254 e. The van der Waals surface area contributed by atoms with Crippen LogP contribution in [0.15, 0.2) is 18.2 Å². The number of benzene rings is 1. The van der Waals surface area contributed by atoms with Crippen LogP contribution in [0.3, 0.4) is 0 Å². The van der Waals surface area contributed by atoms with E-state index in [1.54, 1.807) is 17.8 Å². The van der Waals surface area contributed by atoms with Gasteiger partial charge in [-0.2, -0.15) is 11.8 Å². The number of hydrogen-bond donors (Lipinski definition) is 2. The first kappa shape index (κ1) is 16.5. The normalized spacial score (nSPS) is 11.4. The van der Waals surface area contributed by atoms with Gasteiger partial charge in [-0.25, -0.2) is 4.39 Å². The lowest BCUT2D eigenvalue weighted by atomic mass is 10.1. The topological polar surface area (TPSA) is 49.3 Å². The van der Waals surface area contributed by atoms with E-state index >= 15 is 0 Å². The molecule has 0 fully saturated rings. The molecule has 0 radical (unpaired) electrons. The van der Waals surface area contributed by atoms with Crippen molar-refractivity contribution in [1.82, 2.24) is 5.32 Å². The zero-order chi connectivity index (χ0) is 15.0. The second-order valence-electron chi connectivity index (χ2n) is 4.23. The SMILES string of the molecule is CSC(C)CNC(=O)c1ccc(C#CCCO)cc1F. The number of aliphatic hydroxyl groups excluding tert-OH is 1. The van der Waals surface area contributed by atoms with Crippen LogP contribution < -0.4 is 5.32 Å². The highest BCUT2D eigenvalue weighted by atomic mass is 32.2. The van der Waals surface area contributed by atoms with Crippen molar-refractivity contribution in [3.8, 4) is 11.8 Å². The number of carbonyl (C=O) groups excluding carboxylic acids is 1. The molecule has 0 saturated heterocycles. The van der Waals surface area contributed by atoms with Crippen LogP contribution in [0.4, 0.5) is 4.39 Å². The van der Waals surface area contributed by atoms with Crippen molar-refractivity contribution in [2.24, 2.45) is 0 Å². The Kier molecular flexibility index (Phi) is 7.13. The molecule has 1 aromatic rings. The Labute approximate surface area is 123 Å². The van der Waals surface area contributed by atoms with E-state index in [1.165, 1.54) is 12.1 Å². The fourth-order valence-corrected chi connectivity index (χ4v) is 1.66. The largest absolute Gasteiger partial charge is 0.395 e. The van der Waals surface area contributed by atoms with Gasteiger partial charge in [-0.1, -0.05) is 18.8 Å². The number of thioether (sulfide) groups is 1. The van der Waals surface area contributed by atoms with Crippen LogP contribution in [0.1, 0.15) is 29.3 Å². The molecule has 0 heterocycles. The summed E-state index contributed by atoms with van der Waals surface area (Å²) in [5, 5.41) is 11.6. The average Bonchev–Trinajstić information content (AvgIpc) is 2.44. The first-order chi connectivity index (χ1) is 9.58. The number of amides is 1. The van der Waals surface area contributed by atoms with Gasteiger partial charge in [0.15, 0.2) is 0 Å². The molecule has 1 unspecified atom stereocenters. The zero-order valence-corrected chi connectivity index (χ0v) is 12.4. The van der Waals surface area contributed by atoms with Crippen LogP contribution in [0.5, 0.6) is 0 Å². The third-order valence-corrected chi connectivity index (χ3v) is 3.61. The predicted molar refractivity (Wildman–Crippen MR) is 80.3 cm³/mol. The van der Waals surface area contributed by atoms with Crippen LogP contribution >= 0.6 is 11.8 Å². The van der Waals surface area contributed by atoms with Crippen molar-refractivity contribution in [3.63, 3.8) is 0 Å². The van der Waals surface area contributed by atoms with Crippen LogP contribution in [0.2, 0.25) is 0 Å². The Hall–Kier alpha value is -1.51. The van der Waals surface area contributed by atoms with Crippen LogP contribution in [-0.2, 0) is 0 Å². The Bertz CT molecular complexity index is 522.